The molecule has 0 aliphatic rings. The summed E-state index contributed by atoms with van der Waals surface area (Å²) >= 11 is 12.1. The van der Waals surface area contributed by atoms with E-state index in [2.05, 4.69) is 5.10 Å². The van der Waals surface area contributed by atoms with Crippen molar-refractivity contribution in [1.29, 1.82) is 0 Å². The van der Waals surface area contributed by atoms with Gasteiger partial charge in [0.1, 0.15) is 17.3 Å². The zero-order valence-corrected chi connectivity index (χ0v) is 13.0. The van der Waals surface area contributed by atoms with Crippen LogP contribution in [-0.2, 0) is 7.05 Å². The van der Waals surface area contributed by atoms with Crippen LogP contribution in [0.5, 0.6) is 0 Å². The van der Waals surface area contributed by atoms with Gasteiger partial charge in [0.15, 0.2) is 5.76 Å². The van der Waals surface area contributed by atoms with Crippen LogP contribution < -0.4 is 5.73 Å². The predicted octanol–water partition coefficient (Wildman–Crippen LogP) is 4.54. The molecule has 3 aromatic rings. The molecular formula is C15H13Cl2N3O. The molecule has 0 aliphatic heterocycles. The van der Waals surface area contributed by atoms with Crippen LogP contribution >= 0.6 is 23.2 Å². The van der Waals surface area contributed by atoms with Crippen molar-refractivity contribution in [1.82, 2.24) is 9.78 Å². The molecule has 108 valence electrons. The lowest BCUT2D eigenvalue weighted by Crippen LogP contribution is -1.98. The molecule has 1 aromatic carbocycles. The lowest BCUT2D eigenvalue weighted by Gasteiger charge is -2.04. The van der Waals surface area contributed by atoms with E-state index in [1.54, 1.807) is 23.9 Å². The molecule has 2 N–H and O–H groups in total. The van der Waals surface area contributed by atoms with Gasteiger partial charge in [-0.1, -0.05) is 29.3 Å². The molecule has 0 saturated carbocycles. The van der Waals surface area contributed by atoms with E-state index in [1.165, 1.54) is 0 Å². The summed E-state index contributed by atoms with van der Waals surface area (Å²) in [5.41, 5.74) is 8.46. The fourth-order valence-electron chi connectivity index (χ4n) is 2.21. The van der Waals surface area contributed by atoms with Gasteiger partial charge >= 0.3 is 0 Å². The number of anilines is 1. The molecule has 0 fully saturated rings. The topological polar surface area (TPSA) is 57.0 Å². The molecule has 3 rings (SSSR count). The van der Waals surface area contributed by atoms with Crippen LogP contribution in [0.2, 0.25) is 10.0 Å². The van der Waals surface area contributed by atoms with E-state index in [1.807, 2.05) is 25.1 Å². The van der Waals surface area contributed by atoms with E-state index in [-0.39, 0.29) is 0 Å². The fraction of sp³-hybridized carbons (Fsp3) is 0.133. The zero-order chi connectivity index (χ0) is 15.1. The number of hydrogen-bond donors (Lipinski definition) is 1. The zero-order valence-electron chi connectivity index (χ0n) is 11.5. The Hall–Kier alpha value is -1.91. The minimum Gasteiger partial charge on any atom is -0.460 e. The second-order valence-electron chi connectivity index (χ2n) is 4.77. The number of aryl methyl sites for hydroxylation is 2. The van der Waals surface area contributed by atoms with Gasteiger partial charge in [0.25, 0.3) is 0 Å². The first kappa shape index (κ1) is 14.0. The van der Waals surface area contributed by atoms with Crippen LogP contribution in [0, 0.1) is 6.92 Å². The van der Waals surface area contributed by atoms with E-state index < -0.39 is 0 Å². The Morgan fingerprint density at radius 3 is 2.52 bits per heavy atom. The van der Waals surface area contributed by atoms with Gasteiger partial charge in [0.05, 0.1) is 15.6 Å². The molecule has 0 atom stereocenters. The van der Waals surface area contributed by atoms with E-state index in [4.69, 9.17) is 33.4 Å². The number of halogens is 2. The highest BCUT2D eigenvalue weighted by Gasteiger charge is 2.20. The quantitative estimate of drug-likeness (QED) is 0.753. The van der Waals surface area contributed by atoms with Gasteiger partial charge in [0, 0.05) is 7.05 Å². The molecule has 0 spiro atoms. The van der Waals surface area contributed by atoms with Crippen LogP contribution in [0.15, 0.2) is 34.7 Å². The van der Waals surface area contributed by atoms with Crippen molar-refractivity contribution < 1.29 is 4.42 Å². The maximum absolute atomic E-state index is 6.15. The summed E-state index contributed by atoms with van der Waals surface area (Å²) in [4.78, 5) is 0. The van der Waals surface area contributed by atoms with Crippen molar-refractivity contribution in [3.05, 3.63) is 46.1 Å². The van der Waals surface area contributed by atoms with E-state index in [9.17, 15) is 0 Å². The number of nitrogens with zero attached hydrogens (tertiary/aromatic N) is 2. The minimum atomic E-state index is 0.471. The molecule has 0 aliphatic carbocycles. The average molecular weight is 322 g/mol. The van der Waals surface area contributed by atoms with Crippen molar-refractivity contribution >= 4 is 29.0 Å². The van der Waals surface area contributed by atoms with Gasteiger partial charge in [-0.15, -0.1) is 0 Å². The summed E-state index contributed by atoms with van der Waals surface area (Å²) in [6.07, 6.45) is 0. The number of nitrogens with two attached hydrogens (primary N) is 1. The second kappa shape index (κ2) is 5.13. The molecule has 6 heteroatoms. The Morgan fingerprint density at radius 2 is 1.90 bits per heavy atom. The van der Waals surface area contributed by atoms with Gasteiger partial charge in [0.2, 0.25) is 0 Å². The number of furan rings is 1. The van der Waals surface area contributed by atoms with Crippen LogP contribution in [0.3, 0.4) is 0 Å². The van der Waals surface area contributed by atoms with E-state index in [0.29, 0.717) is 27.3 Å². The monoisotopic (exact) mass is 321 g/mol. The van der Waals surface area contributed by atoms with Crippen LogP contribution in [0.1, 0.15) is 5.76 Å². The number of aromatic nitrogens is 2. The Balaban J connectivity index is 2.24. The van der Waals surface area contributed by atoms with Crippen molar-refractivity contribution in [2.45, 2.75) is 6.92 Å². The molecule has 2 aromatic heterocycles. The minimum absolute atomic E-state index is 0.471. The third-order valence-electron chi connectivity index (χ3n) is 3.27. The number of nitrogen functional groups attached to an aromatic ring is 1. The first-order valence-corrected chi connectivity index (χ1v) is 7.07. The van der Waals surface area contributed by atoms with Crippen LogP contribution in [0.25, 0.3) is 22.6 Å². The fourth-order valence-corrected chi connectivity index (χ4v) is 2.51. The summed E-state index contributed by atoms with van der Waals surface area (Å²) in [5, 5.41) is 5.41. The Labute approximate surface area is 132 Å². The number of benzene rings is 1. The van der Waals surface area contributed by atoms with E-state index in [0.717, 1.165) is 16.9 Å². The maximum Gasteiger partial charge on any atom is 0.155 e. The van der Waals surface area contributed by atoms with Crippen molar-refractivity contribution in [2.75, 3.05) is 5.73 Å². The Bertz CT molecular complexity index is 820. The first-order valence-electron chi connectivity index (χ1n) is 6.32. The van der Waals surface area contributed by atoms with Crippen LogP contribution in [0.4, 0.5) is 5.82 Å². The number of hydrogen-bond acceptors (Lipinski definition) is 3. The summed E-state index contributed by atoms with van der Waals surface area (Å²) in [7, 11) is 1.79. The summed E-state index contributed by atoms with van der Waals surface area (Å²) in [6, 6.07) is 9.14. The Morgan fingerprint density at radius 1 is 1.14 bits per heavy atom. The predicted molar refractivity (Wildman–Crippen MR) is 85.5 cm³/mol. The lowest BCUT2D eigenvalue weighted by molar-refractivity contribution is 0.545. The molecule has 2 heterocycles. The highest BCUT2D eigenvalue weighted by atomic mass is 35.5. The lowest BCUT2D eigenvalue weighted by atomic mass is 10.0. The average Bonchev–Trinajstić information content (AvgIpc) is 2.99. The van der Waals surface area contributed by atoms with Crippen molar-refractivity contribution in [2.24, 2.45) is 7.05 Å². The van der Waals surface area contributed by atoms with E-state index >= 15 is 0 Å². The van der Waals surface area contributed by atoms with Gasteiger partial charge in [-0.2, -0.15) is 5.10 Å². The third kappa shape index (κ3) is 2.41. The molecule has 0 bridgehead atoms. The first-order chi connectivity index (χ1) is 9.97. The second-order valence-corrected chi connectivity index (χ2v) is 5.59. The molecule has 4 nitrogen and oxygen atoms in total. The van der Waals surface area contributed by atoms with Gasteiger partial charge < -0.3 is 10.2 Å². The number of rotatable bonds is 2. The Kier molecular flexibility index (Phi) is 3.43. The molecule has 0 amide bonds. The van der Waals surface area contributed by atoms with Crippen molar-refractivity contribution in [3.8, 4) is 22.6 Å². The molecule has 0 saturated heterocycles. The normalized spacial score (nSPS) is 11.0. The standard InChI is InChI=1S/C15H13Cl2N3O/c1-8-3-6-12(21-8)14-13(15(18)20(2)19-14)9-4-5-10(16)11(17)7-9/h3-7H,18H2,1-2H3. The molecule has 0 radical (unpaired) electrons. The van der Waals surface area contributed by atoms with Crippen LogP contribution in [-0.4, -0.2) is 9.78 Å². The highest BCUT2D eigenvalue weighted by Crippen LogP contribution is 2.38. The summed E-state index contributed by atoms with van der Waals surface area (Å²) in [6.45, 7) is 1.88. The molecule has 21 heavy (non-hydrogen) atoms. The summed E-state index contributed by atoms with van der Waals surface area (Å²) in [5.74, 6) is 2.02. The molecule has 0 unspecified atom stereocenters. The smallest absolute Gasteiger partial charge is 0.155 e. The summed E-state index contributed by atoms with van der Waals surface area (Å²) < 4.78 is 7.28. The largest absolute Gasteiger partial charge is 0.460 e. The highest BCUT2D eigenvalue weighted by molar-refractivity contribution is 6.42. The third-order valence-corrected chi connectivity index (χ3v) is 4.01. The van der Waals surface area contributed by atoms with Crippen molar-refractivity contribution in [3.63, 3.8) is 0 Å². The van der Waals surface area contributed by atoms with Gasteiger partial charge in [-0.3, -0.25) is 4.68 Å². The van der Waals surface area contributed by atoms with Gasteiger partial charge in [-0.25, -0.2) is 0 Å². The van der Waals surface area contributed by atoms with Gasteiger partial charge in [-0.05, 0) is 36.8 Å². The SMILES string of the molecule is Cc1ccc(-c2nn(C)c(N)c2-c2ccc(Cl)c(Cl)c2)o1. The molecular weight excluding hydrogens is 309 g/mol. The maximum atomic E-state index is 6.15.